The van der Waals surface area contributed by atoms with Crippen molar-refractivity contribution in [2.45, 2.75) is 25.8 Å². The maximum absolute atomic E-state index is 13.6. The Balaban J connectivity index is 1.59. The van der Waals surface area contributed by atoms with Gasteiger partial charge in [-0.1, -0.05) is 12.1 Å². The maximum Gasteiger partial charge on any atom is 0.191 e. The summed E-state index contributed by atoms with van der Waals surface area (Å²) in [6.45, 7) is 8.12. The summed E-state index contributed by atoms with van der Waals surface area (Å²) in [4.78, 5) is 14.0. The summed E-state index contributed by atoms with van der Waals surface area (Å²) in [6.07, 6.45) is 3.94. The molecule has 8 heteroatoms. The first kappa shape index (κ1) is 23.3. The van der Waals surface area contributed by atoms with Gasteiger partial charge in [-0.2, -0.15) is 11.8 Å². The summed E-state index contributed by atoms with van der Waals surface area (Å²) in [5, 5.41) is 6.65. The molecule has 1 saturated heterocycles. The number of thioether (sulfide) groups is 1. The molecule has 31 heavy (non-hydrogen) atoms. The van der Waals surface area contributed by atoms with Crippen molar-refractivity contribution in [3.63, 3.8) is 0 Å². The van der Waals surface area contributed by atoms with Crippen LogP contribution in [-0.4, -0.2) is 61.9 Å². The van der Waals surface area contributed by atoms with Crippen molar-refractivity contribution >= 4 is 23.5 Å². The number of likely N-dealkylation sites (N-methyl/N-ethyl adjacent to an activating group) is 1. The molecule has 2 N–H and O–H groups in total. The predicted molar refractivity (Wildman–Crippen MR) is 129 cm³/mol. The van der Waals surface area contributed by atoms with Gasteiger partial charge in [0.15, 0.2) is 5.96 Å². The molecule has 0 amide bonds. The summed E-state index contributed by atoms with van der Waals surface area (Å²) in [5.74, 6) is 2.36. The van der Waals surface area contributed by atoms with Crippen LogP contribution in [-0.2, 0) is 18.8 Å². The van der Waals surface area contributed by atoms with E-state index in [2.05, 4.69) is 44.6 Å². The number of anilines is 1. The number of aromatic nitrogens is 1. The molecule has 1 fully saturated rings. The summed E-state index contributed by atoms with van der Waals surface area (Å²) in [6, 6.07) is 9.16. The number of hydrogen-bond acceptors (Lipinski definition) is 5. The van der Waals surface area contributed by atoms with E-state index in [1.165, 1.54) is 6.07 Å². The van der Waals surface area contributed by atoms with Crippen molar-refractivity contribution in [1.29, 1.82) is 0 Å². The Morgan fingerprint density at radius 3 is 2.61 bits per heavy atom. The third kappa shape index (κ3) is 7.11. The Hall–Kier alpha value is -2.32. The highest BCUT2D eigenvalue weighted by Gasteiger charge is 2.15. The molecule has 0 spiro atoms. The number of nitrogens with one attached hydrogen (secondary N) is 2. The van der Waals surface area contributed by atoms with E-state index in [1.54, 1.807) is 17.8 Å². The fourth-order valence-corrected chi connectivity index (χ4v) is 4.06. The van der Waals surface area contributed by atoms with E-state index >= 15 is 0 Å². The van der Waals surface area contributed by atoms with Gasteiger partial charge in [0.1, 0.15) is 11.6 Å². The minimum atomic E-state index is -0.194. The molecule has 3 rings (SSSR count). The van der Waals surface area contributed by atoms with Crippen LogP contribution >= 0.6 is 11.8 Å². The molecule has 0 saturated carbocycles. The highest BCUT2D eigenvalue weighted by Crippen LogP contribution is 2.17. The van der Waals surface area contributed by atoms with Crippen molar-refractivity contribution in [3.8, 4) is 0 Å². The zero-order valence-corrected chi connectivity index (χ0v) is 19.5. The van der Waals surface area contributed by atoms with E-state index in [4.69, 9.17) is 4.99 Å². The number of guanidine groups is 1. The third-order valence-corrected chi connectivity index (χ3v) is 5.91. The molecule has 1 aromatic carbocycles. The number of aliphatic imine (C=N–C) groups is 1. The molecular formula is C23H33FN6S. The molecule has 1 aliphatic rings. The quantitative estimate of drug-likeness (QED) is 0.482. The van der Waals surface area contributed by atoms with Gasteiger partial charge in [-0.25, -0.2) is 14.4 Å². The molecule has 168 valence electrons. The molecule has 0 bridgehead atoms. The van der Waals surface area contributed by atoms with Crippen LogP contribution in [0, 0.1) is 5.82 Å². The Labute approximate surface area is 189 Å². The summed E-state index contributed by atoms with van der Waals surface area (Å²) in [7, 11) is 2.15. The van der Waals surface area contributed by atoms with E-state index in [0.29, 0.717) is 13.1 Å². The third-order valence-electron chi connectivity index (χ3n) is 5.31. The van der Waals surface area contributed by atoms with Gasteiger partial charge < -0.3 is 20.4 Å². The van der Waals surface area contributed by atoms with Crippen LogP contribution in [0.3, 0.4) is 0 Å². The second-order valence-corrected chi connectivity index (χ2v) is 8.58. The van der Waals surface area contributed by atoms with Crippen molar-refractivity contribution in [2.75, 3.05) is 50.9 Å². The fourth-order valence-electron chi connectivity index (χ4n) is 3.48. The lowest BCUT2D eigenvalue weighted by Gasteiger charge is -2.33. The largest absolute Gasteiger partial charge is 0.357 e. The number of halogens is 1. The zero-order valence-electron chi connectivity index (χ0n) is 18.7. The van der Waals surface area contributed by atoms with Crippen LogP contribution in [0.4, 0.5) is 10.2 Å². The lowest BCUT2D eigenvalue weighted by Crippen LogP contribution is -2.44. The second kappa shape index (κ2) is 11.9. The van der Waals surface area contributed by atoms with Crippen molar-refractivity contribution in [2.24, 2.45) is 4.99 Å². The van der Waals surface area contributed by atoms with Crippen molar-refractivity contribution < 1.29 is 4.39 Å². The standard InChI is InChI=1S/C23H33FN6S/c1-4-25-23(28-16-19-6-7-21(24)13-20(19)17-31-3)27-15-18-5-8-22(26-14-18)30-11-9-29(2)10-12-30/h5-8,13-14H,4,9-12,15-17H2,1-3H3,(H2,25,27,28). The van der Waals surface area contributed by atoms with Crippen LogP contribution in [0.15, 0.2) is 41.5 Å². The molecule has 0 aliphatic carbocycles. The van der Waals surface area contributed by atoms with Crippen LogP contribution in [0.5, 0.6) is 0 Å². The SMILES string of the molecule is CCNC(=NCc1ccc(N2CCN(C)CC2)nc1)NCc1ccc(F)cc1CSC. The van der Waals surface area contributed by atoms with E-state index in [1.807, 2.05) is 25.4 Å². The Bertz CT molecular complexity index is 850. The van der Waals surface area contributed by atoms with Gasteiger partial charge in [0.05, 0.1) is 6.54 Å². The number of hydrogen-bond donors (Lipinski definition) is 2. The monoisotopic (exact) mass is 444 g/mol. The predicted octanol–water partition coefficient (Wildman–Crippen LogP) is 3.09. The zero-order chi connectivity index (χ0) is 22.1. The van der Waals surface area contributed by atoms with Gasteiger partial charge in [0.2, 0.25) is 0 Å². The first-order valence-corrected chi connectivity index (χ1v) is 12.1. The van der Waals surface area contributed by atoms with Crippen molar-refractivity contribution in [1.82, 2.24) is 20.5 Å². The lowest BCUT2D eigenvalue weighted by atomic mass is 10.1. The number of pyridine rings is 1. The Morgan fingerprint density at radius 1 is 1.13 bits per heavy atom. The maximum atomic E-state index is 13.6. The van der Waals surface area contributed by atoms with Gasteiger partial charge in [0, 0.05) is 51.2 Å². The summed E-state index contributed by atoms with van der Waals surface area (Å²) in [5.41, 5.74) is 3.17. The highest BCUT2D eigenvalue weighted by atomic mass is 32.2. The van der Waals surface area contributed by atoms with Crippen LogP contribution in [0.25, 0.3) is 0 Å². The molecule has 0 unspecified atom stereocenters. The van der Waals surface area contributed by atoms with E-state index in [-0.39, 0.29) is 5.82 Å². The topological polar surface area (TPSA) is 55.8 Å². The van der Waals surface area contributed by atoms with Crippen LogP contribution in [0.2, 0.25) is 0 Å². The molecule has 0 radical (unpaired) electrons. The first-order valence-electron chi connectivity index (χ1n) is 10.8. The number of rotatable bonds is 8. The van der Waals surface area contributed by atoms with Crippen LogP contribution in [0.1, 0.15) is 23.6 Å². The average molecular weight is 445 g/mol. The minimum Gasteiger partial charge on any atom is -0.357 e. The van der Waals surface area contributed by atoms with E-state index in [0.717, 1.165) is 66.9 Å². The normalized spacial score (nSPS) is 15.2. The molecule has 6 nitrogen and oxygen atoms in total. The van der Waals surface area contributed by atoms with Gasteiger partial charge in [0.25, 0.3) is 0 Å². The lowest BCUT2D eigenvalue weighted by molar-refractivity contribution is 0.312. The van der Waals surface area contributed by atoms with Crippen molar-refractivity contribution in [3.05, 3.63) is 59.0 Å². The first-order chi connectivity index (χ1) is 15.1. The molecule has 2 heterocycles. The average Bonchev–Trinajstić information content (AvgIpc) is 2.78. The second-order valence-electron chi connectivity index (χ2n) is 7.71. The van der Waals surface area contributed by atoms with Crippen LogP contribution < -0.4 is 15.5 Å². The molecule has 0 atom stereocenters. The van der Waals surface area contributed by atoms with Gasteiger partial charge in [-0.3, -0.25) is 0 Å². The molecule has 2 aromatic rings. The minimum absolute atomic E-state index is 0.194. The number of benzene rings is 1. The van der Waals surface area contributed by atoms with Gasteiger partial charge in [-0.05, 0) is 55.1 Å². The Morgan fingerprint density at radius 2 is 1.94 bits per heavy atom. The number of piperazine rings is 1. The number of nitrogens with zero attached hydrogens (tertiary/aromatic N) is 4. The van der Waals surface area contributed by atoms with E-state index < -0.39 is 0 Å². The summed E-state index contributed by atoms with van der Waals surface area (Å²) >= 11 is 1.69. The molecular weight excluding hydrogens is 411 g/mol. The highest BCUT2D eigenvalue weighted by molar-refractivity contribution is 7.97. The molecule has 1 aromatic heterocycles. The summed E-state index contributed by atoms with van der Waals surface area (Å²) < 4.78 is 13.6. The Kier molecular flexibility index (Phi) is 8.97. The molecule has 1 aliphatic heterocycles. The smallest absolute Gasteiger partial charge is 0.191 e. The van der Waals surface area contributed by atoms with Gasteiger partial charge >= 0.3 is 0 Å². The van der Waals surface area contributed by atoms with Gasteiger partial charge in [-0.15, -0.1) is 0 Å². The van der Waals surface area contributed by atoms with E-state index in [9.17, 15) is 4.39 Å². The fraction of sp³-hybridized carbons (Fsp3) is 0.478.